The standard InChI is InChI=1S/C10H13FO3S/c1-7(15(2,13)14)10(12)8-5-3-4-6-9(8)11/h3-7,10,12H,1-2H3. The zero-order valence-electron chi connectivity index (χ0n) is 8.51. The summed E-state index contributed by atoms with van der Waals surface area (Å²) in [5, 5.41) is 8.67. The summed E-state index contributed by atoms with van der Waals surface area (Å²) in [7, 11) is -3.38. The van der Waals surface area contributed by atoms with E-state index >= 15 is 0 Å². The second-order valence-electron chi connectivity index (χ2n) is 3.50. The summed E-state index contributed by atoms with van der Waals surface area (Å²) in [5.41, 5.74) is 0.00965. The van der Waals surface area contributed by atoms with Crippen LogP contribution in [-0.2, 0) is 9.84 Å². The van der Waals surface area contributed by atoms with Crippen LogP contribution in [0.1, 0.15) is 18.6 Å². The second kappa shape index (κ2) is 4.28. The van der Waals surface area contributed by atoms with Gasteiger partial charge in [-0.3, -0.25) is 0 Å². The van der Waals surface area contributed by atoms with Gasteiger partial charge >= 0.3 is 0 Å². The molecule has 5 heteroatoms. The molecule has 0 heterocycles. The zero-order valence-corrected chi connectivity index (χ0v) is 9.33. The van der Waals surface area contributed by atoms with Gasteiger partial charge in [0.15, 0.2) is 9.84 Å². The van der Waals surface area contributed by atoms with E-state index in [0.717, 1.165) is 6.26 Å². The Morgan fingerprint density at radius 3 is 2.33 bits per heavy atom. The van der Waals surface area contributed by atoms with Crippen LogP contribution in [0.2, 0.25) is 0 Å². The van der Waals surface area contributed by atoms with Gasteiger partial charge in [0.05, 0.1) is 11.4 Å². The highest BCUT2D eigenvalue weighted by Gasteiger charge is 2.27. The first-order valence-corrected chi connectivity index (χ1v) is 6.41. The number of rotatable bonds is 3. The molecule has 0 amide bonds. The highest BCUT2D eigenvalue weighted by Crippen LogP contribution is 2.23. The van der Waals surface area contributed by atoms with Gasteiger partial charge in [0.25, 0.3) is 0 Å². The molecule has 0 saturated carbocycles. The van der Waals surface area contributed by atoms with Crippen molar-refractivity contribution in [1.82, 2.24) is 0 Å². The Labute approximate surface area is 88.5 Å². The molecule has 0 spiro atoms. The lowest BCUT2D eigenvalue weighted by Gasteiger charge is -2.17. The maximum Gasteiger partial charge on any atom is 0.152 e. The van der Waals surface area contributed by atoms with Gasteiger partial charge in [-0.2, -0.15) is 0 Å². The smallest absolute Gasteiger partial charge is 0.152 e. The summed E-state index contributed by atoms with van der Waals surface area (Å²) in [6, 6.07) is 5.60. The van der Waals surface area contributed by atoms with Crippen molar-refractivity contribution in [1.29, 1.82) is 0 Å². The molecule has 0 fully saturated rings. The molecule has 1 aromatic carbocycles. The lowest BCUT2D eigenvalue weighted by molar-refractivity contribution is 0.171. The number of sulfone groups is 1. The molecule has 0 bridgehead atoms. The summed E-state index contributed by atoms with van der Waals surface area (Å²) in [4.78, 5) is 0. The van der Waals surface area contributed by atoms with Gasteiger partial charge in [-0.05, 0) is 13.0 Å². The lowest BCUT2D eigenvalue weighted by Crippen LogP contribution is -2.24. The number of hydrogen-bond acceptors (Lipinski definition) is 3. The van der Waals surface area contributed by atoms with Crippen LogP contribution in [0.25, 0.3) is 0 Å². The van der Waals surface area contributed by atoms with E-state index in [1.807, 2.05) is 0 Å². The molecule has 84 valence electrons. The fourth-order valence-corrected chi connectivity index (χ4v) is 1.82. The number of aliphatic hydroxyl groups excluding tert-OH is 1. The van der Waals surface area contributed by atoms with Gasteiger partial charge in [0.1, 0.15) is 5.82 Å². The topological polar surface area (TPSA) is 54.4 Å². The molecule has 1 N–H and O–H groups in total. The van der Waals surface area contributed by atoms with E-state index in [1.54, 1.807) is 6.07 Å². The zero-order chi connectivity index (χ0) is 11.6. The van der Waals surface area contributed by atoms with E-state index < -0.39 is 27.0 Å². The number of benzene rings is 1. The maximum atomic E-state index is 13.2. The molecule has 0 saturated heterocycles. The molecule has 3 nitrogen and oxygen atoms in total. The number of aliphatic hydroxyl groups is 1. The molecule has 1 aromatic rings. The molecule has 0 aliphatic heterocycles. The van der Waals surface area contributed by atoms with Crippen LogP contribution in [0.4, 0.5) is 4.39 Å². The average Bonchev–Trinajstić information content (AvgIpc) is 2.15. The normalized spacial score (nSPS) is 16.0. The van der Waals surface area contributed by atoms with E-state index in [2.05, 4.69) is 0 Å². The van der Waals surface area contributed by atoms with Crippen LogP contribution in [0.3, 0.4) is 0 Å². The third-order valence-corrected chi connectivity index (χ3v) is 3.95. The van der Waals surface area contributed by atoms with E-state index in [4.69, 9.17) is 0 Å². The summed E-state index contributed by atoms with van der Waals surface area (Å²) in [6.07, 6.45) is -0.317. The highest BCUT2D eigenvalue weighted by molar-refractivity contribution is 7.91. The van der Waals surface area contributed by atoms with Crippen molar-refractivity contribution >= 4 is 9.84 Å². The fourth-order valence-electron chi connectivity index (χ4n) is 1.20. The van der Waals surface area contributed by atoms with Crippen LogP contribution in [-0.4, -0.2) is 25.0 Å². The third kappa shape index (κ3) is 2.76. The minimum Gasteiger partial charge on any atom is -0.387 e. The van der Waals surface area contributed by atoms with Gasteiger partial charge in [-0.25, -0.2) is 12.8 Å². The van der Waals surface area contributed by atoms with Crippen molar-refractivity contribution in [2.45, 2.75) is 18.3 Å². The third-order valence-electron chi connectivity index (χ3n) is 2.34. The summed E-state index contributed by atoms with van der Waals surface area (Å²) < 4.78 is 35.6. The Morgan fingerprint density at radius 1 is 1.33 bits per heavy atom. The Balaban J connectivity index is 3.06. The van der Waals surface area contributed by atoms with Crippen molar-refractivity contribution in [2.75, 3.05) is 6.26 Å². The van der Waals surface area contributed by atoms with Crippen LogP contribution in [0.15, 0.2) is 24.3 Å². The van der Waals surface area contributed by atoms with Crippen molar-refractivity contribution in [2.24, 2.45) is 0 Å². The molecule has 0 aliphatic rings. The van der Waals surface area contributed by atoms with Gasteiger partial charge in [0, 0.05) is 11.8 Å². The Bertz CT molecular complexity index is 442. The van der Waals surface area contributed by atoms with Crippen molar-refractivity contribution in [3.05, 3.63) is 35.6 Å². The first kappa shape index (κ1) is 12.1. The molecule has 0 radical (unpaired) electrons. The molecule has 1 rings (SSSR count). The van der Waals surface area contributed by atoms with Crippen LogP contribution >= 0.6 is 0 Å². The van der Waals surface area contributed by atoms with Crippen molar-refractivity contribution < 1.29 is 17.9 Å². The van der Waals surface area contributed by atoms with E-state index in [1.165, 1.54) is 25.1 Å². The summed E-state index contributed by atoms with van der Waals surface area (Å²) in [6.45, 7) is 1.35. The maximum absolute atomic E-state index is 13.2. The van der Waals surface area contributed by atoms with Gasteiger partial charge in [0.2, 0.25) is 0 Å². The molecule has 15 heavy (non-hydrogen) atoms. The summed E-state index contributed by atoms with van der Waals surface area (Å²) >= 11 is 0. The molecular formula is C10H13FO3S. The monoisotopic (exact) mass is 232 g/mol. The Kier molecular flexibility index (Phi) is 3.46. The molecule has 0 aromatic heterocycles. The SMILES string of the molecule is CC(C(O)c1ccccc1F)S(C)(=O)=O. The highest BCUT2D eigenvalue weighted by atomic mass is 32.2. The molecule has 0 aliphatic carbocycles. The Morgan fingerprint density at radius 2 is 1.87 bits per heavy atom. The van der Waals surface area contributed by atoms with E-state index in [0.29, 0.717) is 0 Å². The van der Waals surface area contributed by atoms with E-state index in [-0.39, 0.29) is 5.56 Å². The molecule has 2 atom stereocenters. The van der Waals surface area contributed by atoms with E-state index in [9.17, 15) is 17.9 Å². The van der Waals surface area contributed by atoms with Gasteiger partial charge in [-0.15, -0.1) is 0 Å². The predicted octanol–water partition coefficient (Wildman–Crippen LogP) is 1.29. The molecule has 2 unspecified atom stereocenters. The van der Waals surface area contributed by atoms with Crippen LogP contribution in [0.5, 0.6) is 0 Å². The number of halogens is 1. The first-order chi connectivity index (χ1) is 6.84. The van der Waals surface area contributed by atoms with Crippen LogP contribution < -0.4 is 0 Å². The van der Waals surface area contributed by atoms with Crippen molar-refractivity contribution in [3.8, 4) is 0 Å². The minimum absolute atomic E-state index is 0.00965. The fraction of sp³-hybridized carbons (Fsp3) is 0.400. The first-order valence-electron chi connectivity index (χ1n) is 4.45. The molecular weight excluding hydrogens is 219 g/mol. The average molecular weight is 232 g/mol. The largest absolute Gasteiger partial charge is 0.387 e. The van der Waals surface area contributed by atoms with Gasteiger partial charge in [-0.1, -0.05) is 18.2 Å². The number of hydrogen-bond donors (Lipinski definition) is 1. The Hall–Kier alpha value is -0.940. The van der Waals surface area contributed by atoms with Gasteiger partial charge < -0.3 is 5.11 Å². The quantitative estimate of drug-likeness (QED) is 0.854. The lowest BCUT2D eigenvalue weighted by atomic mass is 10.1. The predicted molar refractivity (Wildman–Crippen MR) is 55.7 cm³/mol. The second-order valence-corrected chi connectivity index (χ2v) is 5.90. The summed E-state index contributed by atoms with van der Waals surface area (Å²) in [5.74, 6) is -0.597. The minimum atomic E-state index is -3.38. The van der Waals surface area contributed by atoms with Crippen molar-refractivity contribution in [3.63, 3.8) is 0 Å². The van der Waals surface area contributed by atoms with Crippen LogP contribution in [0, 0.1) is 5.82 Å².